The molecule has 0 amide bonds. The van der Waals surface area contributed by atoms with Crippen molar-refractivity contribution in [2.75, 3.05) is 0 Å². The van der Waals surface area contributed by atoms with Crippen molar-refractivity contribution in [3.8, 4) is 0 Å². The van der Waals surface area contributed by atoms with E-state index in [9.17, 15) is 4.79 Å². The molecule has 1 unspecified atom stereocenters. The summed E-state index contributed by atoms with van der Waals surface area (Å²) in [6, 6.07) is 0. The van der Waals surface area contributed by atoms with Crippen LogP contribution in [0.15, 0.2) is 10.7 Å². The van der Waals surface area contributed by atoms with Crippen LogP contribution in [-0.4, -0.2) is 20.4 Å². The molecule has 3 nitrogen and oxygen atoms in total. The highest BCUT2D eigenvalue weighted by atomic mass is 32.2. The fourth-order valence-corrected chi connectivity index (χ4v) is 3.06. The largest absolute Gasteiger partial charge is 0.298 e. The monoisotopic (exact) mass is 200 g/mol. The number of hydrogen-bond acceptors (Lipinski definition) is 5. The number of rotatable bonds is 2. The zero-order valence-corrected chi connectivity index (χ0v) is 8.03. The molecule has 1 atom stereocenters. The number of ketones is 1. The van der Waals surface area contributed by atoms with Gasteiger partial charge < -0.3 is 0 Å². The van der Waals surface area contributed by atoms with Gasteiger partial charge in [-0.15, -0.1) is 0 Å². The summed E-state index contributed by atoms with van der Waals surface area (Å²) < 4.78 is 4.80. The second-order valence-corrected chi connectivity index (χ2v) is 4.90. The molecule has 0 aromatic carbocycles. The van der Waals surface area contributed by atoms with Crippen molar-refractivity contribution in [3.63, 3.8) is 0 Å². The van der Waals surface area contributed by atoms with Crippen LogP contribution in [0.1, 0.15) is 19.3 Å². The van der Waals surface area contributed by atoms with Crippen molar-refractivity contribution in [2.24, 2.45) is 0 Å². The summed E-state index contributed by atoms with van der Waals surface area (Å²) in [7, 11) is 0. The van der Waals surface area contributed by atoms with Gasteiger partial charge in [-0.1, -0.05) is 11.8 Å². The normalized spacial score (nSPS) is 23.3. The van der Waals surface area contributed by atoms with E-state index in [4.69, 9.17) is 0 Å². The predicted molar refractivity (Wildman–Crippen MR) is 48.4 cm³/mol. The Hall–Kier alpha value is -0.420. The zero-order chi connectivity index (χ0) is 8.39. The first kappa shape index (κ1) is 8.19. The van der Waals surface area contributed by atoms with Crippen molar-refractivity contribution in [1.29, 1.82) is 0 Å². The molecule has 1 aromatic heterocycles. The quantitative estimate of drug-likeness (QED) is 0.729. The Morgan fingerprint density at radius 3 is 3.17 bits per heavy atom. The van der Waals surface area contributed by atoms with Gasteiger partial charge in [0.1, 0.15) is 12.1 Å². The van der Waals surface area contributed by atoms with Crippen LogP contribution in [0.25, 0.3) is 0 Å². The van der Waals surface area contributed by atoms with E-state index in [1.54, 1.807) is 11.8 Å². The number of carbonyl (C=O) groups excluding carboxylic acids is 1. The summed E-state index contributed by atoms with van der Waals surface area (Å²) in [5.41, 5.74) is 0. The van der Waals surface area contributed by atoms with Gasteiger partial charge in [0, 0.05) is 6.42 Å². The molecule has 1 aromatic rings. The SMILES string of the molecule is O=C1CCCC1Sc1ncns1. The van der Waals surface area contributed by atoms with Crippen molar-refractivity contribution in [3.05, 3.63) is 6.33 Å². The predicted octanol–water partition coefficient (Wildman–Crippen LogP) is 1.75. The summed E-state index contributed by atoms with van der Waals surface area (Å²) in [4.78, 5) is 15.3. The number of aromatic nitrogens is 2. The molecule has 0 aliphatic heterocycles. The van der Waals surface area contributed by atoms with E-state index in [1.165, 1.54) is 17.9 Å². The molecule has 0 saturated heterocycles. The van der Waals surface area contributed by atoms with E-state index in [1.807, 2.05) is 0 Å². The van der Waals surface area contributed by atoms with Crippen LogP contribution in [0.2, 0.25) is 0 Å². The Morgan fingerprint density at radius 1 is 1.67 bits per heavy atom. The first-order chi connectivity index (χ1) is 5.86. The molecule has 1 aliphatic carbocycles. The molecule has 0 spiro atoms. The summed E-state index contributed by atoms with van der Waals surface area (Å²) in [5.74, 6) is 0.371. The van der Waals surface area contributed by atoms with E-state index in [2.05, 4.69) is 9.36 Å². The van der Waals surface area contributed by atoms with Crippen LogP contribution in [0.5, 0.6) is 0 Å². The lowest BCUT2D eigenvalue weighted by Gasteiger charge is -2.01. The molecule has 1 saturated carbocycles. The first-order valence-corrected chi connectivity index (χ1v) is 5.47. The molecule has 12 heavy (non-hydrogen) atoms. The third-order valence-electron chi connectivity index (χ3n) is 1.83. The summed E-state index contributed by atoms with van der Waals surface area (Å²) >= 11 is 2.92. The van der Waals surface area contributed by atoms with E-state index in [0.717, 1.165) is 23.6 Å². The van der Waals surface area contributed by atoms with E-state index in [-0.39, 0.29) is 5.25 Å². The minimum atomic E-state index is 0.151. The Morgan fingerprint density at radius 2 is 2.58 bits per heavy atom. The van der Waals surface area contributed by atoms with Gasteiger partial charge in [-0.25, -0.2) is 4.98 Å². The van der Waals surface area contributed by atoms with Gasteiger partial charge in [0.05, 0.1) is 5.25 Å². The van der Waals surface area contributed by atoms with Crippen molar-refractivity contribution < 1.29 is 4.79 Å². The average molecular weight is 200 g/mol. The van der Waals surface area contributed by atoms with Gasteiger partial charge in [-0.2, -0.15) is 4.37 Å². The topological polar surface area (TPSA) is 42.9 Å². The third kappa shape index (κ3) is 1.67. The second kappa shape index (κ2) is 3.53. The van der Waals surface area contributed by atoms with Gasteiger partial charge in [-0.3, -0.25) is 4.79 Å². The number of Topliss-reactive ketones (excluding diaryl/α,β-unsaturated/α-hetero) is 1. The molecule has 1 fully saturated rings. The molecule has 2 rings (SSSR count). The van der Waals surface area contributed by atoms with Crippen LogP contribution < -0.4 is 0 Å². The summed E-state index contributed by atoms with van der Waals surface area (Å²) in [6.45, 7) is 0. The lowest BCUT2D eigenvalue weighted by molar-refractivity contribution is -0.116. The van der Waals surface area contributed by atoms with Crippen molar-refractivity contribution in [2.45, 2.75) is 28.9 Å². The average Bonchev–Trinajstić information content (AvgIpc) is 2.65. The number of thioether (sulfide) groups is 1. The van der Waals surface area contributed by atoms with Crippen LogP contribution in [0.4, 0.5) is 0 Å². The zero-order valence-electron chi connectivity index (χ0n) is 6.40. The molecule has 5 heteroatoms. The van der Waals surface area contributed by atoms with E-state index >= 15 is 0 Å². The highest BCUT2D eigenvalue weighted by Crippen LogP contribution is 2.32. The number of carbonyl (C=O) groups is 1. The second-order valence-electron chi connectivity index (χ2n) is 2.67. The molecule has 64 valence electrons. The summed E-state index contributed by atoms with van der Waals surface area (Å²) in [6.07, 6.45) is 4.32. The molecule has 0 N–H and O–H groups in total. The maximum atomic E-state index is 11.2. The number of nitrogens with zero attached hydrogens (tertiary/aromatic N) is 2. The van der Waals surface area contributed by atoms with E-state index < -0.39 is 0 Å². The molecular formula is C7H8N2OS2. The Bertz CT molecular complexity index is 273. The maximum Gasteiger partial charge on any atom is 0.170 e. The van der Waals surface area contributed by atoms with Gasteiger partial charge in [0.15, 0.2) is 4.34 Å². The number of hydrogen-bond donors (Lipinski definition) is 0. The lowest BCUT2D eigenvalue weighted by Crippen LogP contribution is -2.07. The fraction of sp³-hybridized carbons (Fsp3) is 0.571. The molecule has 1 heterocycles. The molecule has 1 aliphatic rings. The minimum Gasteiger partial charge on any atom is -0.298 e. The van der Waals surface area contributed by atoms with Crippen LogP contribution in [0.3, 0.4) is 0 Å². The lowest BCUT2D eigenvalue weighted by atomic mass is 10.3. The first-order valence-electron chi connectivity index (χ1n) is 3.82. The molecule has 0 radical (unpaired) electrons. The Labute approximate surface area is 78.8 Å². The van der Waals surface area contributed by atoms with Crippen LogP contribution >= 0.6 is 23.3 Å². The minimum absolute atomic E-state index is 0.151. The van der Waals surface area contributed by atoms with Crippen LogP contribution in [-0.2, 0) is 4.79 Å². The van der Waals surface area contributed by atoms with Crippen molar-refractivity contribution >= 4 is 29.1 Å². The van der Waals surface area contributed by atoms with Gasteiger partial charge in [-0.05, 0) is 24.4 Å². The maximum absolute atomic E-state index is 11.2. The third-order valence-corrected chi connectivity index (χ3v) is 3.90. The summed E-state index contributed by atoms with van der Waals surface area (Å²) in [5, 5.41) is 0.151. The smallest absolute Gasteiger partial charge is 0.170 e. The standard InChI is InChI=1S/C7H8N2OS2/c10-5-2-1-3-6(5)11-7-8-4-9-12-7/h4,6H,1-3H2. The fourth-order valence-electron chi connectivity index (χ4n) is 1.24. The highest BCUT2D eigenvalue weighted by Gasteiger charge is 2.25. The van der Waals surface area contributed by atoms with Crippen molar-refractivity contribution in [1.82, 2.24) is 9.36 Å². The van der Waals surface area contributed by atoms with Crippen LogP contribution in [0, 0.1) is 0 Å². The molecule has 0 bridgehead atoms. The Kier molecular flexibility index (Phi) is 2.41. The highest BCUT2D eigenvalue weighted by molar-refractivity contribution is 8.02. The molecular weight excluding hydrogens is 192 g/mol. The van der Waals surface area contributed by atoms with Gasteiger partial charge in [0.25, 0.3) is 0 Å². The Balaban J connectivity index is 1.99. The van der Waals surface area contributed by atoms with E-state index in [0.29, 0.717) is 5.78 Å². The van der Waals surface area contributed by atoms with Gasteiger partial charge >= 0.3 is 0 Å². The van der Waals surface area contributed by atoms with Gasteiger partial charge in [0.2, 0.25) is 0 Å².